The topological polar surface area (TPSA) is 173 Å². The average Bonchev–Trinajstić information content (AvgIpc) is 3.08. The van der Waals surface area contributed by atoms with E-state index in [-0.39, 0.29) is 30.3 Å². The number of amides is 1. The Balaban J connectivity index is 1.08. The normalized spacial score (nSPS) is 17.3. The Morgan fingerprint density at radius 1 is 0.915 bits per heavy atom. The van der Waals surface area contributed by atoms with Crippen LogP contribution in [-0.4, -0.2) is 78.0 Å². The number of phenolic OH excluding ortho intramolecular Hbond substituents is 1. The zero-order valence-corrected chi connectivity index (χ0v) is 26.8. The number of hydrogen-bond donors (Lipinski definition) is 6. The highest BCUT2D eigenvalue weighted by atomic mass is 16.5. The van der Waals surface area contributed by atoms with Crippen molar-refractivity contribution in [3.8, 4) is 11.5 Å². The van der Waals surface area contributed by atoms with E-state index in [1.165, 1.54) is 5.56 Å². The number of ether oxygens (including phenoxy) is 1. The van der Waals surface area contributed by atoms with Crippen LogP contribution in [0.5, 0.6) is 11.5 Å². The van der Waals surface area contributed by atoms with E-state index in [4.69, 9.17) is 32.1 Å². The second kappa shape index (κ2) is 15.8. The van der Waals surface area contributed by atoms with Gasteiger partial charge in [0.1, 0.15) is 17.3 Å². The molecule has 0 saturated carbocycles. The molecule has 0 radical (unpaired) electrons. The van der Waals surface area contributed by atoms with Crippen LogP contribution in [0.1, 0.15) is 54.7 Å². The number of nitrogens with two attached hydrogens (primary N) is 2. The SMILES string of the molecule is N=C(N)/C(=C\C(=N)c1ccccc1O)c1ccc(C2CCN(CC3CCN(c4ccc(OC(CCO)C(N)=O)cc4)CC3)CC2)cc1. The fourth-order valence-corrected chi connectivity index (χ4v) is 6.64. The first-order chi connectivity index (χ1) is 22.7. The summed E-state index contributed by atoms with van der Waals surface area (Å²) in [4.78, 5) is 16.5. The second-order valence-electron chi connectivity index (χ2n) is 12.5. The number of nitrogens with one attached hydrogen (secondary N) is 2. The number of carbonyl (C=O) groups is 1. The van der Waals surface area contributed by atoms with E-state index in [2.05, 4.69) is 21.9 Å². The van der Waals surface area contributed by atoms with Crippen LogP contribution in [0, 0.1) is 16.7 Å². The Morgan fingerprint density at radius 2 is 1.57 bits per heavy atom. The van der Waals surface area contributed by atoms with Gasteiger partial charge in [-0.1, -0.05) is 36.4 Å². The molecule has 0 aromatic heterocycles. The molecule has 0 spiro atoms. The lowest BCUT2D eigenvalue weighted by molar-refractivity contribution is -0.125. The lowest BCUT2D eigenvalue weighted by Gasteiger charge is -2.38. The third-order valence-corrected chi connectivity index (χ3v) is 9.37. The summed E-state index contributed by atoms with van der Waals surface area (Å²) in [5, 5.41) is 35.8. The number of nitrogens with zero attached hydrogens (tertiary/aromatic N) is 2. The highest BCUT2D eigenvalue weighted by molar-refractivity contribution is 6.27. The van der Waals surface area contributed by atoms with Gasteiger partial charge in [-0.15, -0.1) is 0 Å². The lowest BCUT2D eigenvalue weighted by Crippen LogP contribution is -2.41. The molecule has 0 aliphatic carbocycles. The van der Waals surface area contributed by atoms with Gasteiger partial charge in [0.2, 0.25) is 0 Å². The number of aromatic hydroxyl groups is 1. The molecule has 10 heteroatoms. The maximum atomic E-state index is 11.5. The van der Waals surface area contributed by atoms with Crippen molar-refractivity contribution in [2.24, 2.45) is 17.4 Å². The number of hydrogen-bond acceptors (Lipinski definition) is 8. The van der Waals surface area contributed by atoms with Crippen LogP contribution < -0.4 is 21.1 Å². The molecule has 2 aliphatic heterocycles. The van der Waals surface area contributed by atoms with Crippen molar-refractivity contribution < 1.29 is 19.7 Å². The highest BCUT2D eigenvalue weighted by Gasteiger charge is 2.26. The Labute approximate surface area is 276 Å². The third-order valence-electron chi connectivity index (χ3n) is 9.37. The summed E-state index contributed by atoms with van der Waals surface area (Å²) in [6.45, 7) is 5.13. The molecule has 47 heavy (non-hydrogen) atoms. The number of carbonyl (C=O) groups excluding carboxylic acids is 1. The van der Waals surface area contributed by atoms with E-state index in [1.54, 1.807) is 30.3 Å². The van der Waals surface area contributed by atoms with Crippen molar-refractivity contribution in [3.63, 3.8) is 0 Å². The maximum absolute atomic E-state index is 11.5. The Morgan fingerprint density at radius 3 is 2.17 bits per heavy atom. The van der Waals surface area contributed by atoms with E-state index >= 15 is 0 Å². The summed E-state index contributed by atoms with van der Waals surface area (Å²) in [5.41, 5.74) is 15.4. The van der Waals surface area contributed by atoms with Crippen molar-refractivity contribution in [3.05, 3.63) is 95.6 Å². The summed E-state index contributed by atoms with van der Waals surface area (Å²) in [6, 6.07) is 22.6. The fourth-order valence-electron chi connectivity index (χ4n) is 6.64. The van der Waals surface area contributed by atoms with Crippen LogP contribution in [0.2, 0.25) is 0 Å². The largest absolute Gasteiger partial charge is 0.507 e. The zero-order chi connectivity index (χ0) is 33.3. The van der Waals surface area contributed by atoms with E-state index in [0.29, 0.717) is 28.7 Å². The van der Waals surface area contributed by atoms with Crippen molar-refractivity contribution in [2.45, 2.75) is 44.1 Å². The smallest absolute Gasteiger partial charge is 0.258 e. The molecule has 1 amide bonds. The summed E-state index contributed by atoms with van der Waals surface area (Å²) in [6.07, 6.45) is 5.39. The molecule has 2 aliphatic rings. The summed E-state index contributed by atoms with van der Waals surface area (Å²) in [5.74, 6) is 1.06. The van der Waals surface area contributed by atoms with Crippen LogP contribution in [0.25, 0.3) is 5.57 Å². The van der Waals surface area contributed by atoms with Gasteiger partial charge in [-0.3, -0.25) is 10.2 Å². The minimum absolute atomic E-state index is 0.0236. The molecule has 2 saturated heterocycles. The van der Waals surface area contributed by atoms with Crippen LogP contribution >= 0.6 is 0 Å². The molecule has 5 rings (SSSR count). The number of phenols is 1. The average molecular weight is 639 g/mol. The van der Waals surface area contributed by atoms with Gasteiger partial charge >= 0.3 is 0 Å². The van der Waals surface area contributed by atoms with Crippen LogP contribution in [-0.2, 0) is 4.79 Å². The van der Waals surface area contributed by atoms with Gasteiger partial charge in [-0.05, 0) is 104 Å². The third kappa shape index (κ3) is 8.78. The predicted octanol–water partition coefficient (Wildman–Crippen LogP) is 4.49. The van der Waals surface area contributed by atoms with Gasteiger partial charge < -0.3 is 41.6 Å². The number of para-hydroxylation sites is 1. The first kappa shape index (κ1) is 33.7. The number of amidine groups is 1. The standard InChI is InChI=1S/C37H46N6O4/c38-33(31-3-1-2-4-34(31)45)23-32(36(39)40)28-7-5-26(6-8-28)27-15-18-42(19-16-27)24-25-13-20-43(21-14-25)29-9-11-30(12-10-29)47-35(17-22-44)37(41)46/h1-12,23,25,27,35,38,44-45H,13-22,24H2,(H3,39,40)(H2,41,46)/b32-23-,38-33?. The molecule has 3 aromatic carbocycles. The number of anilines is 1. The number of allylic oxidation sites excluding steroid dienone is 1. The van der Waals surface area contributed by atoms with E-state index in [1.807, 2.05) is 36.4 Å². The van der Waals surface area contributed by atoms with Gasteiger partial charge in [0.25, 0.3) is 5.91 Å². The molecule has 1 unspecified atom stereocenters. The Kier molecular flexibility index (Phi) is 11.3. The zero-order valence-electron chi connectivity index (χ0n) is 26.8. The van der Waals surface area contributed by atoms with Crippen molar-refractivity contribution in [1.82, 2.24) is 4.90 Å². The van der Waals surface area contributed by atoms with E-state index < -0.39 is 12.0 Å². The van der Waals surface area contributed by atoms with Gasteiger partial charge in [0.05, 0.1) is 5.71 Å². The molecule has 3 aromatic rings. The molecular formula is C37H46N6O4. The maximum Gasteiger partial charge on any atom is 0.258 e. The molecule has 10 nitrogen and oxygen atoms in total. The fraction of sp³-hybridized carbons (Fsp3) is 0.378. The summed E-state index contributed by atoms with van der Waals surface area (Å²) in [7, 11) is 0. The van der Waals surface area contributed by atoms with Crippen LogP contribution in [0.15, 0.2) is 78.9 Å². The van der Waals surface area contributed by atoms with Crippen LogP contribution in [0.3, 0.4) is 0 Å². The minimum Gasteiger partial charge on any atom is -0.507 e. The number of piperidine rings is 2. The molecule has 2 fully saturated rings. The van der Waals surface area contributed by atoms with Crippen molar-refractivity contribution in [2.75, 3.05) is 44.2 Å². The quantitative estimate of drug-likeness (QED) is 0.118. The molecule has 1 atom stereocenters. The van der Waals surface area contributed by atoms with Gasteiger partial charge in [-0.2, -0.15) is 0 Å². The molecule has 2 heterocycles. The number of likely N-dealkylation sites (tertiary alicyclic amines) is 1. The van der Waals surface area contributed by atoms with Gasteiger partial charge in [0, 0.05) is 49.5 Å². The first-order valence-corrected chi connectivity index (χ1v) is 16.4. The van der Waals surface area contributed by atoms with Gasteiger partial charge in [-0.25, -0.2) is 0 Å². The summed E-state index contributed by atoms with van der Waals surface area (Å²) < 4.78 is 5.66. The van der Waals surface area contributed by atoms with E-state index in [9.17, 15) is 9.90 Å². The number of rotatable bonds is 13. The number of primary amides is 1. The first-order valence-electron chi connectivity index (χ1n) is 16.4. The highest BCUT2D eigenvalue weighted by Crippen LogP contribution is 2.32. The molecule has 0 bridgehead atoms. The number of benzene rings is 3. The molecule has 248 valence electrons. The van der Waals surface area contributed by atoms with Gasteiger partial charge in [0.15, 0.2) is 6.10 Å². The monoisotopic (exact) mass is 638 g/mol. The summed E-state index contributed by atoms with van der Waals surface area (Å²) >= 11 is 0. The lowest BCUT2D eigenvalue weighted by atomic mass is 9.87. The number of aliphatic hydroxyl groups is 1. The minimum atomic E-state index is -0.833. The second-order valence-corrected chi connectivity index (χ2v) is 12.5. The molecule has 8 N–H and O–H groups in total. The predicted molar refractivity (Wildman–Crippen MR) is 186 cm³/mol. The molecular weight excluding hydrogens is 592 g/mol. The Hall–Kier alpha value is -4.67. The van der Waals surface area contributed by atoms with Crippen molar-refractivity contribution >= 4 is 28.7 Å². The Bertz CT molecular complexity index is 1560. The van der Waals surface area contributed by atoms with E-state index in [0.717, 1.165) is 69.7 Å². The number of aliphatic hydroxyl groups excluding tert-OH is 1. The van der Waals surface area contributed by atoms with Crippen LogP contribution in [0.4, 0.5) is 5.69 Å². The van der Waals surface area contributed by atoms with Crippen molar-refractivity contribution in [1.29, 1.82) is 10.8 Å².